The van der Waals surface area contributed by atoms with Gasteiger partial charge in [-0.3, -0.25) is 9.59 Å². The second-order valence-corrected chi connectivity index (χ2v) is 7.44. The number of benzene rings is 2. The van der Waals surface area contributed by atoms with Crippen LogP contribution >= 0.6 is 27.5 Å². The van der Waals surface area contributed by atoms with Crippen molar-refractivity contribution in [3.63, 3.8) is 0 Å². The van der Waals surface area contributed by atoms with E-state index < -0.39 is 17.9 Å². The number of phenolic OH excluding ortho intramolecular Hbond substituents is 1. The van der Waals surface area contributed by atoms with Gasteiger partial charge < -0.3 is 10.4 Å². The first-order valence-electron chi connectivity index (χ1n) is 8.16. The van der Waals surface area contributed by atoms with E-state index in [1.807, 2.05) is 13.8 Å². The maximum Gasteiger partial charge on any atom is 0.262 e. The van der Waals surface area contributed by atoms with Gasteiger partial charge in [-0.2, -0.15) is 5.10 Å². The minimum atomic E-state index is -0.764. The van der Waals surface area contributed by atoms with Crippen LogP contribution in [0.3, 0.4) is 0 Å². The number of hydrogen-bond acceptors (Lipinski definition) is 4. The lowest BCUT2D eigenvalue weighted by Crippen LogP contribution is -2.48. The first-order valence-corrected chi connectivity index (χ1v) is 9.33. The fraction of sp³-hybridized carbons (Fsp3) is 0.211. The van der Waals surface area contributed by atoms with Crippen molar-refractivity contribution in [3.05, 3.63) is 63.1 Å². The molecule has 2 amide bonds. The van der Waals surface area contributed by atoms with Gasteiger partial charge in [-0.05, 0) is 63.8 Å². The van der Waals surface area contributed by atoms with Crippen molar-refractivity contribution in [3.8, 4) is 5.75 Å². The number of nitrogens with one attached hydrogen (secondary N) is 2. The Morgan fingerprint density at radius 2 is 1.96 bits per heavy atom. The molecule has 8 heteroatoms. The molecule has 2 rings (SSSR count). The number of carbonyl (C=O) groups is 2. The van der Waals surface area contributed by atoms with Crippen LogP contribution in [-0.4, -0.2) is 29.2 Å². The minimum Gasteiger partial charge on any atom is -0.507 e. The summed E-state index contributed by atoms with van der Waals surface area (Å²) in [5.41, 5.74) is 3.48. The number of hydrogen-bond donors (Lipinski definition) is 3. The molecule has 0 aliphatic rings. The van der Waals surface area contributed by atoms with E-state index in [4.69, 9.17) is 11.6 Å². The van der Waals surface area contributed by atoms with Crippen LogP contribution in [0.15, 0.2) is 52.0 Å². The van der Waals surface area contributed by atoms with Crippen molar-refractivity contribution in [2.45, 2.75) is 19.9 Å². The zero-order valence-corrected chi connectivity index (χ0v) is 17.1. The van der Waals surface area contributed by atoms with E-state index in [-0.39, 0.29) is 11.7 Å². The molecule has 3 N–H and O–H groups in total. The van der Waals surface area contributed by atoms with E-state index in [0.29, 0.717) is 20.6 Å². The third kappa shape index (κ3) is 6.08. The highest BCUT2D eigenvalue weighted by atomic mass is 79.9. The van der Waals surface area contributed by atoms with Gasteiger partial charge in [0.2, 0.25) is 0 Å². The lowest BCUT2D eigenvalue weighted by atomic mass is 10.0. The van der Waals surface area contributed by atoms with Crippen molar-refractivity contribution >= 4 is 45.6 Å². The van der Waals surface area contributed by atoms with Crippen LogP contribution < -0.4 is 10.7 Å². The summed E-state index contributed by atoms with van der Waals surface area (Å²) in [4.78, 5) is 24.8. The Morgan fingerprint density at radius 1 is 1.22 bits per heavy atom. The summed E-state index contributed by atoms with van der Waals surface area (Å²) in [6.07, 6.45) is 1.44. The van der Waals surface area contributed by atoms with Crippen LogP contribution in [0, 0.1) is 5.92 Å². The highest BCUT2D eigenvalue weighted by Crippen LogP contribution is 2.23. The van der Waals surface area contributed by atoms with Gasteiger partial charge in [-0.25, -0.2) is 5.43 Å². The molecule has 0 aromatic heterocycles. The van der Waals surface area contributed by atoms with Crippen LogP contribution in [-0.2, 0) is 4.79 Å². The summed E-state index contributed by atoms with van der Waals surface area (Å²) in [6.45, 7) is 3.65. The van der Waals surface area contributed by atoms with Crippen LogP contribution in [0.25, 0.3) is 0 Å². The quantitative estimate of drug-likeness (QED) is 0.461. The highest BCUT2D eigenvalue weighted by molar-refractivity contribution is 9.10. The van der Waals surface area contributed by atoms with Gasteiger partial charge in [-0.1, -0.05) is 31.5 Å². The molecule has 0 bridgehead atoms. The molecule has 0 fully saturated rings. The molecule has 2 aromatic carbocycles. The summed E-state index contributed by atoms with van der Waals surface area (Å²) in [6, 6.07) is 10.5. The Kier molecular flexibility index (Phi) is 7.38. The van der Waals surface area contributed by atoms with Gasteiger partial charge in [0.05, 0.1) is 10.7 Å². The zero-order chi connectivity index (χ0) is 20.0. The summed E-state index contributed by atoms with van der Waals surface area (Å²) in [7, 11) is 0. The smallest absolute Gasteiger partial charge is 0.262 e. The molecular formula is C19H19BrClN3O3. The van der Waals surface area contributed by atoms with Gasteiger partial charge >= 0.3 is 0 Å². The molecule has 0 saturated carbocycles. The van der Waals surface area contributed by atoms with Crippen LogP contribution in [0.5, 0.6) is 5.75 Å². The van der Waals surface area contributed by atoms with E-state index in [1.165, 1.54) is 18.3 Å². The Labute approximate surface area is 170 Å². The number of halogens is 2. The molecular weight excluding hydrogens is 434 g/mol. The Hall–Kier alpha value is -2.38. The third-order valence-corrected chi connectivity index (χ3v) is 4.55. The maximum absolute atomic E-state index is 12.4. The predicted octanol–water partition coefficient (Wildman–Crippen LogP) is 3.71. The normalized spacial score (nSPS) is 12.2. The second kappa shape index (κ2) is 9.53. The van der Waals surface area contributed by atoms with Crippen LogP contribution in [0.2, 0.25) is 5.02 Å². The molecule has 1 atom stereocenters. The predicted molar refractivity (Wildman–Crippen MR) is 109 cm³/mol. The summed E-state index contributed by atoms with van der Waals surface area (Å²) in [5.74, 6) is -0.863. The fourth-order valence-corrected chi connectivity index (χ4v) is 2.82. The van der Waals surface area contributed by atoms with Crippen molar-refractivity contribution in [1.82, 2.24) is 10.7 Å². The minimum absolute atomic E-state index is 0.111. The summed E-state index contributed by atoms with van der Waals surface area (Å²) >= 11 is 9.11. The molecule has 1 unspecified atom stereocenters. The number of hydrazone groups is 1. The van der Waals surface area contributed by atoms with Gasteiger partial charge in [0.15, 0.2) is 0 Å². The first-order chi connectivity index (χ1) is 12.8. The molecule has 0 saturated heterocycles. The standard InChI is InChI=1S/C19H19BrClN3O3/c1-11(2)17(23-18(26)13-4-3-5-14(21)9-13)19(27)24-22-10-12-6-7-16(25)15(20)8-12/h3-11,17,25H,1-2H3,(H,23,26)(H,24,27)/b22-10+. The van der Waals surface area contributed by atoms with Crippen LogP contribution in [0.4, 0.5) is 0 Å². The summed E-state index contributed by atoms with van der Waals surface area (Å²) < 4.78 is 0.520. The van der Waals surface area contributed by atoms with Crippen molar-refractivity contribution in [2.24, 2.45) is 11.0 Å². The monoisotopic (exact) mass is 451 g/mol. The average Bonchev–Trinajstić information content (AvgIpc) is 2.62. The van der Waals surface area contributed by atoms with Gasteiger partial charge in [0.25, 0.3) is 11.8 Å². The van der Waals surface area contributed by atoms with E-state index in [0.717, 1.165) is 0 Å². The number of aromatic hydroxyl groups is 1. The molecule has 6 nitrogen and oxygen atoms in total. The number of amides is 2. The van der Waals surface area contributed by atoms with Gasteiger partial charge in [0.1, 0.15) is 11.8 Å². The van der Waals surface area contributed by atoms with Crippen molar-refractivity contribution in [1.29, 1.82) is 0 Å². The Morgan fingerprint density at radius 3 is 2.59 bits per heavy atom. The average molecular weight is 453 g/mol. The summed E-state index contributed by atoms with van der Waals surface area (Å²) in [5, 5.41) is 16.5. The number of phenols is 1. The Bertz CT molecular complexity index is 871. The molecule has 0 spiro atoms. The second-order valence-electron chi connectivity index (χ2n) is 6.15. The number of rotatable bonds is 6. The SMILES string of the molecule is CC(C)C(NC(=O)c1cccc(Cl)c1)C(=O)N/N=C/c1ccc(O)c(Br)c1. The van der Waals surface area contributed by atoms with Crippen molar-refractivity contribution in [2.75, 3.05) is 0 Å². The largest absolute Gasteiger partial charge is 0.507 e. The number of carbonyl (C=O) groups excluding carboxylic acids is 2. The van der Waals surface area contributed by atoms with E-state index >= 15 is 0 Å². The van der Waals surface area contributed by atoms with E-state index in [9.17, 15) is 14.7 Å². The topological polar surface area (TPSA) is 90.8 Å². The van der Waals surface area contributed by atoms with Gasteiger partial charge in [0, 0.05) is 10.6 Å². The lowest BCUT2D eigenvalue weighted by Gasteiger charge is -2.20. The van der Waals surface area contributed by atoms with Gasteiger partial charge in [-0.15, -0.1) is 0 Å². The van der Waals surface area contributed by atoms with E-state index in [2.05, 4.69) is 31.8 Å². The molecule has 0 heterocycles. The Balaban J connectivity index is 2.02. The molecule has 2 aromatic rings. The van der Waals surface area contributed by atoms with E-state index in [1.54, 1.807) is 30.3 Å². The molecule has 0 aliphatic carbocycles. The first kappa shape index (κ1) is 20.9. The molecule has 142 valence electrons. The fourth-order valence-electron chi connectivity index (χ4n) is 2.23. The maximum atomic E-state index is 12.4. The number of nitrogens with zero attached hydrogens (tertiary/aromatic N) is 1. The molecule has 0 aliphatic heterocycles. The third-order valence-electron chi connectivity index (χ3n) is 3.68. The molecule has 0 radical (unpaired) electrons. The van der Waals surface area contributed by atoms with Crippen LogP contribution in [0.1, 0.15) is 29.8 Å². The highest BCUT2D eigenvalue weighted by Gasteiger charge is 2.24. The zero-order valence-electron chi connectivity index (χ0n) is 14.7. The lowest BCUT2D eigenvalue weighted by molar-refractivity contribution is -0.123. The molecule has 27 heavy (non-hydrogen) atoms. The van der Waals surface area contributed by atoms with Crippen molar-refractivity contribution < 1.29 is 14.7 Å².